The first-order valence-corrected chi connectivity index (χ1v) is 41.1. The molecule has 0 saturated carbocycles. The van der Waals surface area contributed by atoms with Gasteiger partial charge < -0.3 is 20.3 Å². The van der Waals surface area contributed by atoms with Gasteiger partial charge in [-0.2, -0.15) is 0 Å². The number of nitrogens with one attached hydrogen (secondary N) is 1. The molecule has 2 unspecified atom stereocenters. The monoisotopic (exact) mass is 1250 g/mol. The number of hydrogen-bond donors (Lipinski definition) is 3. The van der Waals surface area contributed by atoms with Crippen molar-refractivity contribution in [3.8, 4) is 0 Å². The largest absolute Gasteiger partial charge is 0.466 e. The maximum atomic E-state index is 12.6. The zero-order chi connectivity index (χ0) is 64.2. The molecule has 3 N–H and O–H groups in total. The van der Waals surface area contributed by atoms with Crippen LogP contribution < -0.4 is 5.32 Å². The van der Waals surface area contributed by atoms with E-state index >= 15 is 0 Å². The Morgan fingerprint density at radius 1 is 0.303 bits per heavy atom. The minimum Gasteiger partial charge on any atom is -0.466 e. The standard InChI is InChI=1S/C83H161NO5/c1-3-5-7-9-11-13-15-16-17-18-19-20-40-43-46-49-52-56-59-63-67-71-75-81(86)80(79-85)84-82(87)76-72-68-64-60-57-53-50-47-44-41-38-36-34-32-30-28-26-24-22-21-23-25-27-29-31-33-35-37-39-42-45-48-51-54-58-62-66-70-74-78-89-83(88)77-73-69-65-61-55-14-12-10-8-6-4-2/h10,12,21-22,80-81,85-86H,3-9,11,13-20,23-79H2,1-2H3,(H,84,87)/b12-10-,22-21-. The highest BCUT2D eigenvalue weighted by Gasteiger charge is 2.20. The quantitative estimate of drug-likeness (QED) is 0.0320. The number of rotatable bonds is 78. The Balaban J connectivity index is 3.33. The molecular weight excluding hydrogens is 1090 g/mol. The van der Waals surface area contributed by atoms with E-state index in [1.54, 1.807) is 0 Å². The summed E-state index contributed by atoms with van der Waals surface area (Å²) in [7, 11) is 0. The topological polar surface area (TPSA) is 95.9 Å². The van der Waals surface area contributed by atoms with Gasteiger partial charge in [0.25, 0.3) is 0 Å². The lowest BCUT2D eigenvalue weighted by molar-refractivity contribution is -0.143. The predicted octanol–water partition coefficient (Wildman–Crippen LogP) is 27.2. The van der Waals surface area contributed by atoms with Crippen molar-refractivity contribution in [2.45, 2.75) is 482 Å². The number of aliphatic hydroxyl groups is 2. The lowest BCUT2D eigenvalue weighted by atomic mass is 10.0. The second-order valence-corrected chi connectivity index (χ2v) is 28.5. The lowest BCUT2D eigenvalue weighted by Crippen LogP contribution is -2.45. The third-order valence-electron chi connectivity index (χ3n) is 19.5. The first kappa shape index (κ1) is 87.3. The number of carbonyl (C=O) groups excluding carboxylic acids is 2. The average molecular weight is 1250 g/mol. The molecule has 0 heterocycles. The van der Waals surface area contributed by atoms with E-state index in [-0.39, 0.29) is 18.5 Å². The normalized spacial score (nSPS) is 12.5. The van der Waals surface area contributed by atoms with Crippen LogP contribution in [0.4, 0.5) is 0 Å². The second-order valence-electron chi connectivity index (χ2n) is 28.5. The molecule has 0 fully saturated rings. The fraction of sp³-hybridized carbons (Fsp3) is 0.928. The van der Waals surface area contributed by atoms with Gasteiger partial charge in [0.1, 0.15) is 0 Å². The summed E-state index contributed by atoms with van der Waals surface area (Å²) < 4.78 is 5.47. The minimum atomic E-state index is -0.662. The third kappa shape index (κ3) is 75.3. The second kappa shape index (κ2) is 78.8. The van der Waals surface area contributed by atoms with E-state index < -0.39 is 12.1 Å². The van der Waals surface area contributed by atoms with Crippen molar-refractivity contribution >= 4 is 11.9 Å². The van der Waals surface area contributed by atoms with E-state index in [0.29, 0.717) is 25.9 Å². The van der Waals surface area contributed by atoms with Gasteiger partial charge in [0.05, 0.1) is 25.4 Å². The van der Waals surface area contributed by atoms with Gasteiger partial charge in [0.2, 0.25) is 5.91 Å². The Bertz CT molecular complexity index is 1400. The van der Waals surface area contributed by atoms with Crippen molar-refractivity contribution < 1.29 is 24.5 Å². The van der Waals surface area contributed by atoms with Crippen molar-refractivity contribution in [1.29, 1.82) is 0 Å². The summed E-state index contributed by atoms with van der Waals surface area (Å²) in [5.41, 5.74) is 0. The number of hydrogen-bond acceptors (Lipinski definition) is 5. The Hall–Kier alpha value is -1.66. The van der Waals surface area contributed by atoms with Crippen LogP contribution in [0.3, 0.4) is 0 Å². The van der Waals surface area contributed by atoms with Crippen LogP contribution in [0.15, 0.2) is 24.3 Å². The van der Waals surface area contributed by atoms with Gasteiger partial charge in [-0.05, 0) is 70.6 Å². The van der Waals surface area contributed by atoms with Gasteiger partial charge in [-0.3, -0.25) is 9.59 Å². The van der Waals surface area contributed by atoms with Crippen LogP contribution in [0.2, 0.25) is 0 Å². The lowest BCUT2D eigenvalue weighted by Gasteiger charge is -2.22. The number of allylic oxidation sites excluding steroid dienone is 4. The number of carbonyl (C=O) groups is 2. The van der Waals surface area contributed by atoms with Gasteiger partial charge in [-0.15, -0.1) is 0 Å². The molecule has 0 saturated heterocycles. The molecule has 0 aliphatic carbocycles. The summed E-state index contributed by atoms with van der Waals surface area (Å²) in [6.45, 7) is 4.97. The fourth-order valence-electron chi connectivity index (χ4n) is 13.2. The van der Waals surface area contributed by atoms with Gasteiger partial charge in [-0.1, -0.05) is 411 Å². The average Bonchev–Trinajstić information content (AvgIpc) is 3.55. The van der Waals surface area contributed by atoms with E-state index in [9.17, 15) is 19.8 Å². The Kier molecular flexibility index (Phi) is 77.3. The highest BCUT2D eigenvalue weighted by atomic mass is 16.5. The zero-order valence-corrected chi connectivity index (χ0v) is 60.7. The Labute approximate surface area is 558 Å². The molecule has 0 bridgehead atoms. The summed E-state index contributed by atoms with van der Waals surface area (Å²) in [5.74, 6) is -0.0128. The first-order valence-electron chi connectivity index (χ1n) is 41.1. The highest BCUT2D eigenvalue weighted by Crippen LogP contribution is 2.20. The minimum absolute atomic E-state index is 0.0121. The number of unbranched alkanes of at least 4 members (excludes halogenated alkanes) is 63. The van der Waals surface area contributed by atoms with Crippen molar-refractivity contribution in [1.82, 2.24) is 5.32 Å². The number of esters is 1. The van der Waals surface area contributed by atoms with Crippen LogP contribution >= 0.6 is 0 Å². The summed E-state index contributed by atoms with van der Waals surface area (Å²) >= 11 is 0. The highest BCUT2D eigenvalue weighted by molar-refractivity contribution is 5.76. The molecule has 1 amide bonds. The first-order chi connectivity index (χ1) is 44.0. The third-order valence-corrected chi connectivity index (χ3v) is 19.5. The van der Waals surface area contributed by atoms with Gasteiger partial charge in [-0.25, -0.2) is 0 Å². The summed E-state index contributed by atoms with van der Waals surface area (Å²) in [5, 5.41) is 23.5. The van der Waals surface area contributed by atoms with E-state index in [1.165, 1.54) is 392 Å². The maximum absolute atomic E-state index is 12.6. The number of amides is 1. The van der Waals surface area contributed by atoms with Crippen molar-refractivity contribution in [2.24, 2.45) is 0 Å². The summed E-state index contributed by atoms with van der Waals surface area (Å²) in [6.07, 6.45) is 102. The molecule has 0 aliphatic heterocycles. The van der Waals surface area contributed by atoms with Crippen molar-refractivity contribution in [3.05, 3.63) is 24.3 Å². The molecule has 0 aliphatic rings. The van der Waals surface area contributed by atoms with E-state index in [4.69, 9.17) is 4.74 Å². The van der Waals surface area contributed by atoms with Crippen LogP contribution in [0.5, 0.6) is 0 Å². The molecule has 6 nitrogen and oxygen atoms in total. The summed E-state index contributed by atoms with van der Waals surface area (Å²) in [4.78, 5) is 24.6. The van der Waals surface area contributed by atoms with Gasteiger partial charge in [0, 0.05) is 12.8 Å². The Morgan fingerprint density at radius 3 is 0.831 bits per heavy atom. The van der Waals surface area contributed by atoms with Crippen LogP contribution in [0, 0.1) is 0 Å². The van der Waals surface area contributed by atoms with Crippen LogP contribution in [0.1, 0.15) is 470 Å². The molecule has 89 heavy (non-hydrogen) atoms. The molecular formula is C83H161NO5. The van der Waals surface area contributed by atoms with E-state index in [0.717, 1.165) is 44.9 Å². The van der Waals surface area contributed by atoms with Crippen LogP contribution in [-0.2, 0) is 14.3 Å². The Morgan fingerprint density at radius 2 is 0.539 bits per heavy atom. The molecule has 528 valence electrons. The SMILES string of the molecule is CCCC/C=C\CCCCCCCC(=O)OCCCCCCCCCCCCCCCCCCCC/C=C\CCCCCCCCCCCCCCCCCCCC(=O)NC(CO)C(O)CCCCCCCCCCCCCCCCCCCCCCCC. The van der Waals surface area contributed by atoms with Gasteiger partial charge >= 0.3 is 5.97 Å². The molecule has 0 aromatic heterocycles. The van der Waals surface area contributed by atoms with Crippen molar-refractivity contribution in [2.75, 3.05) is 13.2 Å². The van der Waals surface area contributed by atoms with Crippen LogP contribution in [-0.4, -0.2) is 47.4 Å². The molecule has 2 atom stereocenters. The fourth-order valence-corrected chi connectivity index (χ4v) is 13.2. The molecule has 0 spiro atoms. The van der Waals surface area contributed by atoms with Crippen LogP contribution in [0.25, 0.3) is 0 Å². The molecule has 0 aromatic carbocycles. The molecule has 0 radical (unpaired) electrons. The van der Waals surface area contributed by atoms with Crippen molar-refractivity contribution in [3.63, 3.8) is 0 Å². The summed E-state index contributed by atoms with van der Waals surface area (Å²) in [6, 6.07) is -0.539. The molecule has 0 aromatic rings. The predicted molar refractivity (Wildman–Crippen MR) is 393 cm³/mol. The maximum Gasteiger partial charge on any atom is 0.305 e. The smallest absolute Gasteiger partial charge is 0.305 e. The number of ether oxygens (including phenoxy) is 1. The van der Waals surface area contributed by atoms with E-state index in [2.05, 4.69) is 43.5 Å². The molecule has 0 rings (SSSR count). The molecule has 6 heteroatoms. The number of aliphatic hydroxyl groups excluding tert-OH is 2. The van der Waals surface area contributed by atoms with E-state index in [1.807, 2.05) is 0 Å². The van der Waals surface area contributed by atoms with Gasteiger partial charge in [0.15, 0.2) is 0 Å². The zero-order valence-electron chi connectivity index (χ0n) is 60.7.